The number of carboxylic acid groups (broad SMARTS) is 1. The van der Waals surface area contributed by atoms with Crippen LogP contribution in [0.2, 0.25) is 0 Å². The predicted octanol–water partition coefficient (Wildman–Crippen LogP) is 2.50. The summed E-state index contributed by atoms with van der Waals surface area (Å²) in [6.07, 6.45) is 2.96. The number of carbonyl (C=O) groups excluding carboxylic acids is 1. The number of aliphatic carboxylic acids is 1. The quantitative estimate of drug-likeness (QED) is 0.801. The van der Waals surface area contributed by atoms with Crippen molar-refractivity contribution in [3.63, 3.8) is 0 Å². The summed E-state index contributed by atoms with van der Waals surface area (Å²) in [4.78, 5) is 23.6. The summed E-state index contributed by atoms with van der Waals surface area (Å²) in [6, 6.07) is 3.94. The second kappa shape index (κ2) is 6.40. The molecule has 2 rings (SSSR count). The lowest BCUT2D eigenvalue weighted by molar-refractivity contribution is -0.139. The molecule has 1 amide bonds. The monoisotopic (exact) mass is 415 g/mol. The van der Waals surface area contributed by atoms with Gasteiger partial charge in [-0.1, -0.05) is 15.9 Å². The van der Waals surface area contributed by atoms with Gasteiger partial charge in [0.1, 0.15) is 0 Å². The minimum Gasteiger partial charge on any atom is -0.479 e. The molecular weight excluding hydrogens is 406 g/mol. The number of halogens is 2. The van der Waals surface area contributed by atoms with Gasteiger partial charge < -0.3 is 10.4 Å². The van der Waals surface area contributed by atoms with Crippen molar-refractivity contribution in [2.75, 3.05) is 0 Å². The Labute approximate surface area is 137 Å². The SMILES string of the molecule is Cn1cc(C(NC(=O)c2cc(Br)ccc2Br)C(=O)O)cn1. The van der Waals surface area contributed by atoms with Crippen LogP contribution >= 0.6 is 31.9 Å². The number of carboxylic acids is 1. The van der Waals surface area contributed by atoms with Crippen LogP contribution in [0.25, 0.3) is 0 Å². The zero-order valence-corrected chi connectivity index (χ0v) is 14.1. The summed E-state index contributed by atoms with van der Waals surface area (Å²) in [5.74, 6) is -1.64. The fourth-order valence-electron chi connectivity index (χ4n) is 1.76. The van der Waals surface area contributed by atoms with Gasteiger partial charge in [-0.05, 0) is 34.1 Å². The Bertz CT molecular complexity index is 700. The summed E-state index contributed by atoms with van der Waals surface area (Å²) >= 11 is 6.55. The van der Waals surface area contributed by atoms with Gasteiger partial charge in [-0.3, -0.25) is 9.48 Å². The van der Waals surface area contributed by atoms with E-state index in [0.717, 1.165) is 4.47 Å². The molecule has 0 radical (unpaired) electrons. The molecule has 1 aromatic carbocycles. The van der Waals surface area contributed by atoms with Crippen LogP contribution in [-0.2, 0) is 11.8 Å². The van der Waals surface area contributed by atoms with Crippen molar-refractivity contribution in [2.24, 2.45) is 7.05 Å². The van der Waals surface area contributed by atoms with Crippen LogP contribution in [0.3, 0.4) is 0 Å². The highest BCUT2D eigenvalue weighted by molar-refractivity contribution is 9.11. The van der Waals surface area contributed by atoms with Gasteiger partial charge in [-0.15, -0.1) is 0 Å². The molecule has 0 aliphatic carbocycles. The molecule has 2 N–H and O–H groups in total. The third-order valence-corrected chi connectivity index (χ3v) is 3.94. The van der Waals surface area contributed by atoms with E-state index in [9.17, 15) is 14.7 Å². The lowest BCUT2D eigenvalue weighted by atomic mass is 10.1. The average molecular weight is 417 g/mol. The Morgan fingerprint density at radius 3 is 2.67 bits per heavy atom. The molecule has 8 heteroatoms. The molecule has 0 aliphatic rings. The molecule has 110 valence electrons. The van der Waals surface area contributed by atoms with Gasteiger partial charge in [0.25, 0.3) is 5.91 Å². The predicted molar refractivity (Wildman–Crippen MR) is 82.9 cm³/mol. The Balaban J connectivity index is 2.27. The van der Waals surface area contributed by atoms with Crippen LogP contribution in [0.15, 0.2) is 39.5 Å². The topological polar surface area (TPSA) is 84.2 Å². The number of nitrogens with one attached hydrogen (secondary N) is 1. The van der Waals surface area contributed by atoms with Crippen molar-refractivity contribution in [3.05, 3.63) is 50.7 Å². The van der Waals surface area contributed by atoms with Crippen molar-refractivity contribution in [1.82, 2.24) is 15.1 Å². The third-order valence-electron chi connectivity index (χ3n) is 2.75. The maximum Gasteiger partial charge on any atom is 0.331 e. The van der Waals surface area contributed by atoms with Crippen LogP contribution in [0.5, 0.6) is 0 Å². The molecule has 0 saturated carbocycles. The van der Waals surface area contributed by atoms with Gasteiger partial charge in [-0.2, -0.15) is 5.10 Å². The molecule has 1 heterocycles. The highest BCUT2D eigenvalue weighted by Gasteiger charge is 2.24. The summed E-state index contributed by atoms with van der Waals surface area (Å²) < 4.78 is 2.79. The lowest BCUT2D eigenvalue weighted by Gasteiger charge is -2.13. The van der Waals surface area contributed by atoms with Crippen LogP contribution in [0.4, 0.5) is 0 Å². The zero-order valence-electron chi connectivity index (χ0n) is 10.9. The number of hydrogen-bond donors (Lipinski definition) is 2. The van der Waals surface area contributed by atoms with Crippen molar-refractivity contribution >= 4 is 43.7 Å². The van der Waals surface area contributed by atoms with Crippen LogP contribution in [0, 0.1) is 0 Å². The number of nitrogens with zero attached hydrogens (tertiary/aromatic N) is 2. The second-order valence-electron chi connectivity index (χ2n) is 4.32. The molecule has 0 fully saturated rings. The maximum absolute atomic E-state index is 12.3. The average Bonchev–Trinajstić information content (AvgIpc) is 2.84. The van der Waals surface area contributed by atoms with Gasteiger partial charge in [0.15, 0.2) is 6.04 Å². The Kier molecular flexibility index (Phi) is 4.79. The van der Waals surface area contributed by atoms with Crippen molar-refractivity contribution in [3.8, 4) is 0 Å². The van der Waals surface area contributed by atoms with E-state index in [0.29, 0.717) is 15.6 Å². The van der Waals surface area contributed by atoms with Gasteiger partial charge in [0, 0.05) is 27.8 Å². The molecule has 1 aromatic heterocycles. The van der Waals surface area contributed by atoms with Crippen LogP contribution in [0.1, 0.15) is 22.0 Å². The van der Waals surface area contributed by atoms with Gasteiger partial charge in [0.05, 0.1) is 11.8 Å². The van der Waals surface area contributed by atoms with Crippen LogP contribution in [-0.4, -0.2) is 26.8 Å². The maximum atomic E-state index is 12.3. The van der Waals surface area contributed by atoms with Crippen molar-refractivity contribution < 1.29 is 14.7 Å². The smallest absolute Gasteiger partial charge is 0.331 e. The van der Waals surface area contributed by atoms with E-state index in [1.165, 1.54) is 10.9 Å². The first kappa shape index (κ1) is 15.7. The highest BCUT2D eigenvalue weighted by Crippen LogP contribution is 2.22. The molecule has 21 heavy (non-hydrogen) atoms. The van der Waals surface area contributed by atoms with E-state index in [2.05, 4.69) is 42.3 Å². The fourth-order valence-corrected chi connectivity index (χ4v) is 2.54. The minimum absolute atomic E-state index is 0.347. The summed E-state index contributed by atoms with van der Waals surface area (Å²) in [5, 5.41) is 15.7. The van der Waals surface area contributed by atoms with Crippen molar-refractivity contribution in [2.45, 2.75) is 6.04 Å². The minimum atomic E-state index is -1.16. The summed E-state index contributed by atoms with van der Waals surface area (Å²) in [7, 11) is 1.68. The highest BCUT2D eigenvalue weighted by atomic mass is 79.9. The number of aromatic nitrogens is 2. The van der Waals surface area contributed by atoms with Gasteiger partial charge in [0.2, 0.25) is 0 Å². The first-order valence-electron chi connectivity index (χ1n) is 5.85. The van der Waals surface area contributed by atoms with E-state index in [4.69, 9.17) is 0 Å². The van der Waals surface area contributed by atoms with E-state index < -0.39 is 17.9 Å². The molecular formula is C13H11Br2N3O3. The number of carbonyl (C=O) groups is 2. The Morgan fingerprint density at radius 1 is 1.38 bits per heavy atom. The molecule has 0 bridgehead atoms. The molecule has 1 unspecified atom stereocenters. The standard InChI is InChI=1S/C13H11Br2N3O3/c1-18-6-7(5-16-18)11(13(20)21)17-12(19)9-4-8(14)2-3-10(9)15/h2-6,11H,1H3,(H,17,19)(H,20,21). The molecule has 6 nitrogen and oxygen atoms in total. The first-order chi connectivity index (χ1) is 9.88. The molecule has 0 aliphatic heterocycles. The second-order valence-corrected chi connectivity index (χ2v) is 6.09. The number of aryl methyl sites for hydroxylation is 1. The number of benzene rings is 1. The molecule has 2 aromatic rings. The van der Waals surface area contributed by atoms with E-state index in [1.54, 1.807) is 31.4 Å². The Morgan fingerprint density at radius 2 is 2.10 bits per heavy atom. The Hall–Kier alpha value is -1.67. The number of rotatable bonds is 4. The van der Waals surface area contributed by atoms with Gasteiger partial charge in [-0.25, -0.2) is 4.79 Å². The van der Waals surface area contributed by atoms with Gasteiger partial charge >= 0.3 is 5.97 Å². The lowest BCUT2D eigenvalue weighted by Crippen LogP contribution is -2.33. The third kappa shape index (κ3) is 3.70. The molecule has 1 atom stereocenters. The number of amides is 1. The summed E-state index contributed by atoms with van der Waals surface area (Å²) in [5.41, 5.74) is 0.754. The normalized spacial score (nSPS) is 12.0. The number of hydrogen-bond acceptors (Lipinski definition) is 3. The van der Waals surface area contributed by atoms with E-state index in [-0.39, 0.29) is 0 Å². The van der Waals surface area contributed by atoms with E-state index in [1.807, 2.05) is 0 Å². The fraction of sp³-hybridized carbons (Fsp3) is 0.154. The largest absolute Gasteiger partial charge is 0.479 e. The molecule has 0 saturated heterocycles. The van der Waals surface area contributed by atoms with E-state index >= 15 is 0 Å². The molecule has 0 spiro atoms. The summed E-state index contributed by atoms with van der Waals surface area (Å²) in [6.45, 7) is 0. The zero-order chi connectivity index (χ0) is 15.6. The first-order valence-corrected chi connectivity index (χ1v) is 7.44. The van der Waals surface area contributed by atoms with Crippen LogP contribution < -0.4 is 5.32 Å². The van der Waals surface area contributed by atoms with Crippen molar-refractivity contribution in [1.29, 1.82) is 0 Å².